The molecular formula is C9H8BrNO3. The van der Waals surface area contributed by atoms with Crippen LogP contribution in [0.5, 0.6) is 0 Å². The lowest BCUT2D eigenvalue weighted by molar-refractivity contribution is -0.138. The van der Waals surface area contributed by atoms with Crippen molar-refractivity contribution in [2.24, 2.45) is 0 Å². The minimum absolute atomic E-state index is 0.207. The SMILES string of the molecule is O=CC(CC(=O)O)c1cncc(Br)c1. The Morgan fingerprint density at radius 2 is 2.36 bits per heavy atom. The van der Waals surface area contributed by atoms with E-state index in [0.717, 1.165) is 4.47 Å². The highest BCUT2D eigenvalue weighted by Crippen LogP contribution is 2.19. The van der Waals surface area contributed by atoms with Gasteiger partial charge < -0.3 is 9.90 Å². The molecule has 1 unspecified atom stereocenters. The van der Waals surface area contributed by atoms with Gasteiger partial charge in [-0.25, -0.2) is 0 Å². The molecule has 1 aromatic heterocycles. The molecule has 1 atom stereocenters. The normalized spacial score (nSPS) is 12.1. The van der Waals surface area contributed by atoms with E-state index in [2.05, 4.69) is 20.9 Å². The summed E-state index contributed by atoms with van der Waals surface area (Å²) in [6.45, 7) is 0. The Balaban J connectivity index is 2.89. The van der Waals surface area contributed by atoms with Crippen LogP contribution in [0.25, 0.3) is 0 Å². The first kappa shape index (κ1) is 10.8. The first-order valence-electron chi connectivity index (χ1n) is 3.91. The lowest BCUT2D eigenvalue weighted by atomic mass is 9.99. The maximum absolute atomic E-state index is 10.6. The molecule has 0 aliphatic carbocycles. The van der Waals surface area contributed by atoms with Crippen LogP contribution in [0.2, 0.25) is 0 Å². The van der Waals surface area contributed by atoms with Crippen LogP contribution < -0.4 is 0 Å². The van der Waals surface area contributed by atoms with Crippen LogP contribution in [0.3, 0.4) is 0 Å². The van der Waals surface area contributed by atoms with E-state index in [1.54, 1.807) is 12.3 Å². The highest BCUT2D eigenvalue weighted by atomic mass is 79.9. The zero-order valence-electron chi connectivity index (χ0n) is 7.18. The van der Waals surface area contributed by atoms with E-state index in [0.29, 0.717) is 11.8 Å². The second-order valence-corrected chi connectivity index (χ2v) is 3.69. The molecule has 1 aromatic rings. The molecule has 1 N–H and O–H groups in total. The molecule has 0 spiro atoms. The lowest BCUT2D eigenvalue weighted by Gasteiger charge is -2.06. The van der Waals surface area contributed by atoms with Gasteiger partial charge in [-0.2, -0.15) is 0 Å². The molecule has 0 bridgehead atoms. The number of rotatable bonds is 4. The number of halogens is 1. The fourth-order valence-electron chi connectivity index (χ4n) is 1.06. The van der Waals surface area contributed by atoms with Crippen LogP contribution in [-0.2, 0) is 9.59 Å². The maximum atomic E-state index is 10.6. The van der Waals surface area contributed by atoms with Gasteiger partial charge in [-0.15, -0.1) is 0 Å². The zero-order valence-corrected chi connectivity index (χ0v) is 8.77. The molecule has 0 aliphatic rings. The number of nitrogens with zero attached hydrogens (tertiary/aromatic N) is 1. The van der Waals surface area contributed by atoms with Gasteiger partial charge in [-0.05, 0) is 27.6 Å². The van der Waals surface area contributed by atoms with Crippen molar-refractivity contribution in [3.05, 3.63) is 28.5 Å². The summed E-state index contributed by atoms with van der Waals surface area (Å²) in [6, 6.07) is 1.69. The zero-order chi connectivity index (χ0) is 10.6. The summed E-state index contributed by atoms with van der Waals surface area (Å²) < 4.78 is 0.729. The average molecular weight is 258 g/mol. The van der Waals surface area contributed by atoms with Gasteiger partial charge in [0.2, 0.25) is 0 Å². The van der Waals surface area contributed by atoms with Crippen molar-refractivity contribution in [2.75, 3.05) is 0 Å². The summed E-state index contributed by atoms with van der Waals surface area (Å²) in [6.07, 6.45) is 3.48. The number of aldehydes is 1. The van der Waals surface area contributed by atoms with E-state index in [-0.39, 0.29) is 6.42 Å². The Morgan fingerprint density at radius 3 is 2.86 bits per heavy atom. The molecule has 1 heterocycles. The van der Waals surface area contributed by atoms with E-state index in [1.165, 1.54) is 6.20 Å². The molecule has 0 amide bonds. The number of carboxylic acid groups (broad SMARTS) is 1. The molecular weight excluding hydrogens is 250 g/mol. The van der Waals surface area contributed by atoms with Crippen LogP contribution in [0.1, 0.15) is 17.9 Å². The number of hydrogen-bond acceptors (Lipinski definition) is 3. The highest BCUT2D eigenvalue weighted by Gasteiger charge is 2.14. The van der Waals surface area contributed by atoms with Crippen molar-refractivity contribution in [3.63, 3.8) is 0 Å². The first-order valence-corrected chi connectivity index (χ1v) is 4.70. The molecule has 5 heteroatoms. The van der Waals surface area contributed by atoms with Gasteiger partial charge >= 0.3 is 5.97 Å². The average Bonchev–Trinajstić information content (AvgIpc) is 2.14. The third-order valence-corrected chi connectivity index (χ3v) is 2.15. The Kier molecular flexibility index (Phi) is 3.76. The lowest BCUT2D eigenvalue weighted by Crippen LogP contribution is -2.07. The van der Waals surface area contributed by atoms with Crippen molar-refractivity contribution >= 4 is 28.2 Å². The molecule has 74 valence electrons. The number of carboxylic acids is 1. The van der Waals surface area contributed by atoms with E-state index in [1.807, 2.05) is 0 Å². The van der Waals surface area contributed by atoms with Gasteiger partial charge in [0, 0.05) is 16.9 Å². The Bertz CT molecular complexity index is 354. The quantitative estimate of drug-likeness (QED) is 0.833. The van der Waals surface area contributed by atoms with Crippen LogP contribution in [0.4, 0.5) is 0 Å². The topological polar surface area (TPSA) is 67.3 Å². The van der Waals surface area contributed by atoms with Gasteiger partial charge in [0.25, 0.3) is 0 Å². The van der Waals surface area contributed by atoms with Crippen molar-refractivity contribution in [1.82, 2.24) is 4.98 Å². The number of aromatic nitrogens is 1. The largest absolute Gasteiger partial charge is 0.481 e. The number of carbonyl (C=O) groups excluding carboxylic acids is 1. The third-order valence-electron chi connectivity index (χ3n) is 1.71. The van der Waals surface area contributed by atoms with Crippen molar-refractivity contribution < 1.29 is 14.7 Å². The Morgan fingerprint density at radius 1 is 1.64 bits per heavy atom. The number of aliphatic carboxylic acids is 1. The van der Waals surface area contributed by atoms with Crippen LogP contribution in [0.15, 0.2) is 22.9 Å². The summed E-state index contributed by atoms with van der Waals surface area (Å²) in [4.78, 5) is 24.9. The number of pyridine rings is 1. The second kappa shape index (κ2) is 4.85. The number of hydrogen-bond donors (Lipinski definition) is 1. The fourth-order valence-corrected chi connectivity index (χ4v) is 1.45. The number of carbonyl (C=O) groups is 2. The molecule has 14 heavy (non-hydrogen) atoms. The minimum atomic E-state index is -0.998. The Hall–Kier alpha value is -1.23. The molecule has 0 aromatic carbocycles. The van der Waals surface area contributed by atoms with Crippen LogP contribution in [0, 0.1) is 0 Å². The van der Waals surface area contributed by atoms with E-state index < -0.39 is 11.9 Å². The van der Waals surface area contributed by atoms with Gasteiger partial charge in [0.15, 0.2) is 0 Å². The summed E-state index contributed by atoms with van der Waals surface area (Å²) in [5, 5.41) is 8.55. The van der Waals surface area contributed by atoms with Gasteiger partial charge in [0.05, 0.1) is 12.3 Å². The smallest absolute Gasteiger partial charge is 0.304 e. The van der Waals surface area contributed by atoms with E-state index in [9.17, 15) is 9.59 Å². The summed E-state index contributed by atoms with van der Waals surface area (Å²) in [7, 11) is 0. The van der Waals surface area contributed by atoms with Crippen LogP contribution in [-0.4, -0.2) is 22.3 Å². The third kappa shape index (κ3) is 2.92. The second-order valence-electron chi connectivity index (χ2n) is 2.78. The van der Waals surface area contributed by atoms with E-state index in [4.69, 9.17) is 5.11 Å². The molecule has 4 nitrogen and oxygen atoms in total. The molecule has 0 fully saturated rings. The minimum Gasteiger partial charge on any atom is -0.481 e. The summed E-state index contributed by atoms with van der Waals surface area (Å²) >= 11 is 3.20. The molecule has 0 radical (unpaired) electrons. The first-order chi connectivity index (χ1) is 6.63. The molecule has 0 saturated heterocycles. The van der Waals surface area contributed by atoms with Crippen molar-refractivity contribution in [2.45, 2.75) is 12.3 Å². The monoisotopic (exact) mass is 257 g/mol. The predicted octanol–water partition coefficient (Wildman–Crippen LogP) is 1.60. The fraction of sp³-hybridized carbons (Fsp3) is 0.222. The van der Waals surface area contributed by atoms with Crippen molar-refractivity contribution in [1.29, 1.82) is 0 Å². The van der Waals surface area contributed by atoms with Crippen molar-refractivity contribution in [3.8, 4) is 0 Å². The van der Waals surface area contributed by atoms with Crippen LogP contribution >= 0.6 is 15.9 Å². The van der Waals surface area contributed by atoms with Gasteiger partial charge in [-0.3, -0.25) is 9.78 Å². The highest BCUT2D eigenvalue weighted by molar-refractivity contribution is 9.10. The predicted molar refractivity (Wildman–Crippen MR) is 53.0 cm³/mol. The standard InChI is InChI=1S/C9H8BrNO3/c10-8-1-6(3-11-4-8)7(5-12)2-9(13)14/h1,3-5,7H,2H2,(H,13,14). The summed E-state index contributed by atoms with van der Waals surface area (Å²) in [5.74, 6) is -1.63. The molecule has 1 rings (SSSR count). The van der Waals surface area contributed by atoms with E-state index >= 15 is 0 Å². The van der Waals surface area contributed by atoms with Gasteiger partial charge in [0.1, 0.15) is 6.29 Å². The molecule has 0 aliphatic heterocycles. The summed E-state index contributed by atoms with van der Waals surface area (Å²) in [5.41, 5.74) is 0.608. The Labute approximate surface area is 89.1 Å². The molecule has 0 saturated carbocycles. The maximum Gasteiger partial charge on any atom is 0.304 e. The van der Waals surface area contributed by atoms with Gasteiger partial charge in [-0.1, -0.05) is 0 Å².